The zero-order valence-corrected chi connectivity index (χ0v) is 9.30. The van der Waals surface area contributed by atoms with Gasteiger partial charge in [0.15, 0.2) is 0 Å². The van der Waals surface area contributed by atoms with E-state index in [0.29, 0.717) is 5.82 Å². The largest absolute Gasteiger partial charge is 0.384 e. The van der Waals surface area contributed by atoms with Crippen LogP contribution in [0.4, 0.5) is 5.82 Å². The molecule has 0 radical (unpaired) electrons. The van der Waals surface area contributed by atoms with E-state index in [1.165, 1.54) is 10.8 Å². The van der Waals surface area contributed by atoms with Gasteiger partial charge in [0.1, 0.15) is 5.82 Å². The van der Waals surface area contributed by atoms with Crippen LogP contribution >= 0.6 is 0 Å². The first kappa shape index (κ1) is 9.85. The highest BCUT2D eigenvalue weighted by molar-refractivity contribution is 5.87. The maximum absolute atomic E-state index is 5.70. The van der Waals surface area contributed by atoms with Gasteiger partial charge in [0, 0.05) is 6.20 Å². The summed E-state index contributed by atoms with van der Waals surface area (Å²) in [6.45, 7) is 0. The molecule has 0 aliphatic carbocycles. The summed E-state index contributed by atoms with van der Waals surface area (Å²) in [6, 6.07) is 18.6. The van der Waals surface area contributed by atoms with Crippen LogP contribution in [-0.2, 0) is 0 Å². The van der Waals surface area contributed by atoms with Crippen molar-refractivity contribution >= 4 is 16.6 Å². The van der Waals surface area contributed by atoms with E-state index in [1.807, 2.05) is 24.3 Å². The normalized spacial score (nSPS) is 10.6. The summed E-state index contributed by atoms with van der Waals surface area (Å²) in [5.41, 5.74) is 7.96. The van der Waals surface area contributed by atoms with Crippen LogP contribution in [0.5, 0.6) is 0 Å². The fourth-order valence-electron chi connectivity index (χ4n) is 2.00. The monoisotopic (exact) mass is 220 g/mol. The molecule has 2 aromatic carbocycles. The summed E-state index contributed by atoms with van der Waals surface area (Å²) in [4.78, 5) is 4.01. The quantitative estimate of drug-likeness (QED) is 0.681. The minimum absolute atomic E-state index is 0.552. The Kier molecular flexibility index (Phi) is 2.26. The second kappa shape index (κ2) is 3.91. The summed E-state index contributed by atoms with van der Waals surface area (Å²) in [5, 5.41) is 2.48. The average molecular weight is 220 g/mol. The number of pyridine rings is 1. The van der Waals surface area contributed by atoms with Crippen molar-refractivity contribution in [2.45, 2.75) is 0 Å². The van der Waals surface area contributed by atoms with Crippen molar-refractivity contribution in [1.29, 1.82) is 0 Å². The van der Waals surface area contributed by atoms with E-state index in [1.54, 1.807) is 6.20 Å². The van der Waals surface area contributed by atoms with Crippen LogP contribution in [-0.4, -0.2) is 4.98 Å². The van der Waals surface area contributed by atoms with Crippen molar-refractivity contribution in [3.8, 4) is 11.1 Å². The number of aromatic nitrogens is 1. The minimum Gasteiger partial charge on any atom is -0.384 e. The standard InChI is InChI=1S/C15H12N2/c16-15-10-14(7-8-17-15)13-6-5-11-3-1-2-4-12(11)9-13/h1-10H,(H2,16,17). The Bertz CT molecular complexity index is 674. The first-order valence-electron chi connectivity index (χ1n) is 5.54. The molecule has 0 amide bonds. The molecule has 17 heavy (non-hydrogen) atoms. The van der Waals surface area contributed by atoms with Crippen molar-refractivity contribution in [2.75, 3.05) is 5.73 Å². The Morgan fingerprint density at radius 3 is 2.35 bits per heavy atom. The van der Waals surface area contributed by atoms with Gasteiger partial charge < -0.3 is 5.73 Å². The number of nitrogens with zero attached hydrogens (tertiary/aromatic N) is 1. The summed E-state index contributed by atoms with van der Waals surface area (Å²) in [6.07, 6.45) is 1.74. The molecule has 0 aliphatic rings. The molecule has 2 heteroatoms. The van der Waals surface area contributed by atoms with Crippen molar-refractivity contribution < 1.29 is 0 Å². The Labute approximate surface area is 99.7 Å². The topological polar surface area (TPSA) is 38.9 Å². The van der Waals surface area contributed by atoms with E-state index in [9.17, 15) is 0 Å². The molecule has 0 fully saturated rings. The third kappa shape index (κ3) is 1.85. The SMILES string of the molecule is Nc1cc(-c2ccc3ccccc3c2)ccn1. The molecule has 3 aromatic rings. The molecule has 1 heterocycles. The van der Waals surface area contributed by atoms with Gasteiger partial charge in [-0.25, -0.2) is 4.98 Å². The van der Waals surface area contributed by atoms with E-state index >= 15 is 0 Å². The third-order valence-electron chi connectivity index (χ3n) is 2.86. The van der Waals surface area contributed by atoms with Crippen molar-refractivity contribution in [3.63, 3.8) is 0 Å². The van der Waals surface area contributed by atoms with Crippen LogP contribution in [0.3, 0.4) is 0 Å². The van der Waals surface area contributed by atoms with Crippen LogP contribution in [0.1, 0.15) is 0 Å². The van der Waals surface area contributed by atoms with Gasteiger partial charge in [0.05, 0.1) is 0 Å². The zero-order valence-electron chi connectivity index (χ0n) is 9.30. The van der Waals surface area contributed by atoms with Crippen LogP contribution < -0.4 is 5.73 Å². The molecule has 0 aliphatic heterocycles. The Morgan fingerprint density at radius 2 is 1.53 bits per heavy atom. The fourth-order valence-corrected chi connectivity index (χ4v) is 2.00. The third-order valence-corrected chi connectivity index (χ3v) is 2.86. The number of nitrogens with two attached hydrogens (primary N) is 1. The van der Waals surface area contributed by atoms with E-state index in [2.05, 4.69) is 35.3 Å². The van der Waals surface area contributed by atoms with Crippen LogP contribution in [0.25, 0.3) is 21.9 Å². The molecule has 0 unspecified atom stereocenters. The van der Waals surface area contributed by atoms with Gasteiger partial charge >= 0.3 is 0 Å². The first-order valence-corrected chi connectivity index (χ1v) is 5.54. The number of benzene rings is 2. The van der Waals surface area contributed by atoms with Gasteiger partial charge in [0.2, 0.25) is 0 Å². The first-order chi connectivity index (χ1) is 8.33. The molecule has 0 saturated carbocycles. The Hall–Kier alpha value is -2.35. The lowest BCUT2D eigenvalue weighted by Crippen LogP contribution is -1.89. The summed E-state index contributed by atoms with van der Waals surface area (Å²) in [7, 11) is 0. The van der Waals surface area contributed by atoms with Gasteiger partial charge in [0.25, 0.3) is 0 Å². The second-order valence-electron chi connectivity index (χ2n) is 4.03. The number of rotatable bonds is 1. The highest BCUT2D eigenvalue weighted by atomic mass is 14.8. The van der Waals surface area contributed by atoms with Crippen LogP contribution in [0, 0.1) is 0 Å². The van der Waals surface area contributed by atoms with E-state index in [0.717, 1.165) is 11.1 Å². The molecule has 0 saturated heterocycles. The van der Waals surface area contributed by atoms with E-state index in [-0.39, 0.29) is 0 Å². The van der Waals surface area contributed by atoms with Gasteiger partial charge in [-0.1, -0.05) is 36.4 Å². The van der Waals surface area contributed by atoms with Gasteiger partial charge in [-0.15, -0.1) is 0 Å². The lowest BCUT2D eigenvalue weighted by Gasteiger charge is -2.04. The smallest absolute Gasteiger partial charge is 0.123 e. The van der Waals surface area contributed by atoms with Crippen LogP contribution in [0.2, 0.25) is 0 Å². The van der Waals surface area contributed by atoms with Crippen molar-refractivity contribution in [3.05, 3.63) is 60.8 Å². The van der Waals surface area contributed by atoms with Gasteiger partial charge in [-0.3, -0.25) is 0 Å². The molecule has 2 nitrogen and oxygen atoms in total. The molecule has 0 bridgehead atoms. The predicted octanol–water partition coefficient (Wildman–Crippen LogP) is 3.48. The van der Waals surface area contributed by atoms with Gasteiger partial charge in [-0.2, -0.15) is 0 Å². The summed E-state index contributed by atoms with van der Waals surface area (Å²) >= 11 is 0. The second-order valence-corrected chi connectivity index (χ2v) is 4.03. The summed E-state index contributed by atoms with van der Waals surface area (Å²) < 4.78 is 0. The molecule has 82 valence electrons. The average Bonchev–Trinajstić information content (AvgIpc) is 2.38. The van der Waals surface area contributed by atoms with Crippen molar-refractivity contribution in [1.82, 2.24) is 4.98 Å². The molecule has 0 atom stereocenters. The molecular weight excluding hydrogens is 208 g/mol. The molecule has 3 rings (SSSR count). The zero-order chi connectivity index (χ0) is 11.7. The molecular formula is C15H12N2. The number of hydrogen-bond donors (Lipinski definition) is 1. The van der Waals surface area contributed by atoms with Gasteiger partial charge in [-0.05, 0) is 40.1 Å². The summed E-state index contributed by atoms with van der Waals surface area (Å²) in [5.74, 6) is 0.552. The van der Waals surface area contributed by atoms with E-state index < -0.39 is 0 Å². The fraction of sp³-hybridized carbons (Fsp3) is 0. The minimum atomic E-state index is 0.552. The molecule has 0 spiro atoms. The number of hydrogen-bond acceptors (Lipinski definition) is 2. The van der Waals surface area contributed by atoms with Crippen molar-refractivity contribution in [2.24, 2.45) is 0 Å². The lowest BCUT2D eigenvalue weighted by molar-refractivity contribution is 1.34. The number of fused-ring (bicyclic) bond motifs is 1. The van der Waals surface area contributed by atoms with E-state index in [4.69, 9.17) is 5.73 Å². The highest BCUT2D eigenvalue weighted by Crippen LogP contribution is 2.24. The van der Waals surface area contributed by atoms with Crippen LogP contribution in [0.15, 0.2) is 60.8 Å². The highest BCUT2D eigenvalue weighted by Gasteiger charge is 2.00. The molecule has 1 aromatic heterocycles. The predicted molar refractivity (Wildman–Crippen MR) is 71.6 cm³/mol. The maximum atomic E-state index is 5.70. The maximum Gasteiger partial charge on any atom is 0.123 e. The lowest BCUT2D eigenvalue weighted by atomic mass is 10.0. The number of nitrogen functional groups attached to an aromatic ring is 1. The Balaban J connectivity index is 2.18. The number of anilines is 1. The molecule has 2 N–H and O–H groups in total. The Morgan fingerprint density at radius 1 is 0.765 bits per heavy atom.